The van der Waals surface area contributed by atoms with E-state index in [0.717, 1.165) is 11.1 Å². The summed E-state index contributed by atoms with van der Waals surface area (Å²) >= 11 is 6.90. The topological polar surface area (TPSA) is 72.2 Å². The van der Waals surface area contributed by atoms with E-state index in [1.165, 1.54) is 11.1 Å². The van der Waals surface area contributed by atoms with Crippen molar-refractivity contribution in [3.63, 3.8) is 0 Å². The molecule has 0 saturated carbocycles. The van der Waals surface area contributed by atoms with E-state index in [9.17, 15) is 8.42 Å². The van der Waals surface area contributed by atoms with Gasteiger partial charge in [-0.05, 0) is 48.6 Å². The van der Waals surface area contributed by atoms with Gasteiger partial charge in [0.1, 0.15) is 0 Å². The van der Waals surface area contributed by atoms with Gasteiger partial charge in [0, 0.05) is 0 Å². The van der Waals surface area contributed by atoms with Gasteiger partial charge in [0.2, 0.25) is 10.0 Å². The van der Waals surface area contributed by atoms with Gasteiger partial charge in [-0.1, -0.05) is 134 Å². The first kappa shape index (κ1) is 31.9. The number of benzene rings is 4. The van der Waals surface area contributed by atoms with Crippen LogP contribution in [-0.2, 0) is 34.5 Å². The summed E-state index contributed by atoms with van der Waals surface area (Å²) in [7, 11) is -3.90. The second-order valence-corrected chi connectivity index (χ2v) is 11.7. The molecule has 0 radical (unpaired) electrons. The van der Waals surface area contributed by atoms with Gasteiger partial charge in [-0.3, -0.25) is 0 Å². The molecule has 200 valence electrons. The van der Waals surface area contributed by atoms with Gasteiger partial charge in [-0.2, -0.15) is 4.72 Å². The largest absolute Gasteiger partial charge is 2.00 e. The molecule has 4 aromatic rings. The van der Waals surface area contributed by atoms with Gasteiger partial charge in [0.05, 0.1) is 10.9 Å². The van der Waals surface area contributed by atoms with Crippen molar-refractivity contribution in [2.75, 3.05) is 0 Å². The summed E-state index contributed by atoms with van der Waals surface area (Å²) in [4.78, 5) is -1.42. The summed E-state index contributed by atoms with van der Waals surface area (Å²) < 4.78 is 28.7. The van der Waals surface area contributed by atoms with E-state index < -0.39 is 21.1 Å². The minimum absolute atomic E-state index is 0. The van der Waals surface area contributed by atoms with Gasteiger partial charge in [-0.15, -0.1) is 0 Å². The van der Waals surface area contributed by atoms with Crippen molar-refractivity contribution in [3.05, 3.63) is 137 Å². The molecule has 38 heavy (non-hydrogen) atoms. The predicted octanol–water partition coefficient (Wildman–Crippen LogP) is 7.18. The normalized spacial score (nSPS) is 13.4. The fourth-order valence-electron chi connectivity index (χ4n) is 3.80. The van der Waals surface area contributed by atoms with E-state index in [0.29, 0.717) is 11.5 Å². The Kier molecular flexibility index (Phi) is 11.9. The van der Waals surface area contributed by atoms with Crippen LogP contribution >= 0.6 is 11.6 Å². The molecule has 0 aliphatic carbocycles. The van der Waals surface area contributed by atoms with Crippen LogP contribution in [0.3, 0.4) is 0 Å². The second-order valence-electron chi connectivity index (χ2n) is 9.45. The zero-order chi connectivity index (χ0) is 27.1. The zero-order valence-electron chi connectivity index (χ0n) is 22.1. The van der Waals surface area contributed by atoms with E-state index >= 15 is 0 Å². The SMILES string of the molecule is Cc1ccc(C(C)C)cc1.Cc1ccc(S(=O)(=O)N[C@](Cl)(c2ccccc2)[C@@H](N)c2ccccc2)cc1.[Ru+2]. The minimum atomic E-state index is -3.90. The van der Waals surface area contributed by atoms with Crippen LogP contribution in [0.1, 0.15) is 53.6 Å². The van der Waals surface area contributed by atoms with Crippen molar-refractivity contribution in [1.29, 1.82) is 0 Å². The van der Waals surface area contributed by atoms with Crippen molar-refractivity contribution in [2.24, 2.45) is 5.73 Å². The number of aryl methyl sites for hydroxylation is 2. The molecule has 0 amide bonds. The van der Waals surface area contributed by atoms with Crippen LogP contribution in [0.2, 0.25) is 0 Å². The molecule has 0 fully saturated rings. The average molecular weight is 636 g/mol. The summed E-state index contributed by atoms with van der Waals surface area (Å²) in [5.41, 5.74) is 11.5. The van der Waals surface area contributed by atoms with E-state index in [1.807, 2.05) is 43.3 Å². The molecule has 0 unspecified atom stereocenters. The first-order valence-corrected chi connectivity index (χ1v) is 14.1. The fraction of sp³-hybridized carbons (Fsp3) is 0.226. The van der Waals surface area contributed by atoms with Crippen molar-refractivity contribution in [1.82, 2.24) is 4.72 Å². The number of hydrogen-bond acceptors (Lipinski definition) is 3. The number of alkyl halides is 1. The zero-order valence-corrected chi connectivity index (χ0v) is 25.4. The maximum absolute atomic E-state index is 13.0. The van der Waals surface area contributed by atoms with Crippen molar-refractivity contribution in [2.45, 2.75) is 49.5 Å². The Morgan fingerprint density at radius 3 is 1.63 bits per heavy atom. The molecule has 0 bridgehead atoms. The Hall–Kier alpha value is -2.34. The van der Waals surface area contributed by atoms with Crippen LogP contribution in [-0.4, -0.2) is 8.42 Å². The second kappa shape index (κ2) is 14.2. The third kappa shape index (κ3) is 8.33. The fourth-order valence-corrected chi connectivity index (χ4v) is 5.60. The number of hydrogen-bond donors (Lipinski definition) is 2. The number of nitrogens with one attached hydrogen (secondary N) is 1. The van der Waals surface area contributed by atoms with Crippen LogP contribution in [0.5, 0.6) is 0 Å². The van der Waals surface area contributed by atoms with Crippen LogP contribution in [0.25, 0.3) is 0 Å². The Balaban J connectivity index is 0.000000389. The van der Waals surface area contributed by atoms with E-state index in [1.54, 1.807) is 48.5 Å². The predicted molar refractivity (Wildman–Crippen MR) is 154 cm³/mol. The standard InChI is InChI=1S/C21H21ClN2O2S.C10H14.Ru/c1-16-12-14-19(15-13-16)27(25,26)24-21(22,18-10-6-3-7-11-18)20(23)17-8-4-2-5-9-17;1-8(2)10-6-4-9(3)5-7-10;/h2-15,20,24H,23H2,1H3;4-8H,1-3H3;/q;;+2/t20-,21+;;/m0../s1. The average Bonchev–Trinajstić information content (AvgIpc) is 2.90. The van der Waals surface area contributed by atoms with E-state index in [4.69, 9.17) is 17.3 Å². The summed E-state index contributed by atoms with van der Waals surface area (Å²) in [6, 6.07) is 32.6. The van der Waals surface area contributed by atoms with Crippen LogP contribution < -0.4 is 10.5 Å². The number of halogens is 1. The maximum Gasteiger partial charge on any atom is 2.00 e. The molecule has 0 aliphatic rings. The quantitative estimate of drug-likeness (QED) is 0.128. The Labute approximate surface area is 245 Å². The third-order valence-corrected chi connectivity index (χ3v) is 8.28. The summed E-state index contributed by atoms with van der Waals surface area (Å²) in [5, 5.41) is 0. The van der Waals surface area contributed by atoms with Gasteiger partial charge in [0.15, 0.2) is 5.00 Å². The molecule has 4 aromatic carbocycles. The maximum atomic E-state index is 13.0. The Morgan fingerprint density at radius 2 is 1.16 bits per heavy atom. The molecule has 4 nitrogen and oxygen atoms in total. The molecular formula is C31H35ClN2O2RuS+2. The van der Waals surface area contributed by atoms with Crippen LogP contribution in [0.4, 0.5) is 0 Å². The van der Waals surface area contributed by atoms with Gasteiger partial charge in [-0.25, -0.2) is 8.42 Å². The van der Waals surface area contributed by atoms with Crippen molar-refractivity contribution < 1.29 is 27.9 Å². The first-order valence-electron chi connectivity index (χ1n) is 12.2. The van der Waals surface area contributed by atoms with E-state index in [-0.39, 0.29) is 24.4 Å². The van der Waals surface area contributed by atoms with Crippen LogP contribution in [0, 0.1) is 13.8 Å². The molecule has 0 aliphatic heterocycles. The molecule has 7 heteroatoms. The molecule has 0 aromatic heterocycles. The van der Waals surface area contributed by atoms with Gasteiger partial charge < -0.3 is 5.73 Å². The summed E-state index contributed by atoms with van der Waals surface area (Å²) in [6.45, 7) is 8.43. The minimum Gasteiger partial charge on any atom is -0.321 e. The number of rotatable bonds is 7. The Morgan fingerprint density at radius 1 is 0.711 bits per heavy atom. The molecule has 0 saturated heterocycles. The Bertz CT molecular complexity index is 1370. The molecule has 4 rings (SSSR count). The first-order chi connectivity index (χ1) is 17.5. The third-order valence-electron chi connectivity index (χ3n) is 6.14. The molecule has 3 N–H and O–H groups in total. The van der Waals surface area contributed by atoms with Crippen LogP contribution in [0.15, 0.2) is 114 Å². The number of nitrogens with two attached hydrogens (primary N) is 1. The summed E-state index contributed by atoms with van der Waals surface area (Å²) in [6.07, 6.45) is 0. The van der Waals surface area contributed by atoms with Crippen molar-refractivity contribution >= 4 is 21.6 Å². The van der Waals surface area contributed by atoms with E-state index in [2.05, 4.69) is 49.8 Å². The molecule has 0 heterocycles. The molecule has 2 atom stereocenters. The van der Waals surface area contributed by atoms with Gasteiger partial charge in [0.25, 0.3) is 0 Å². The van der Waals surface area contributed by atoms with Gasteiger partial charge >= 0.3 is 19.5 Å². The summed E-state index contributed by atoms with van der Waals surface area (Å²) in [5.74, 6) is 0.653. The molecule has 0 spiro atoms. The monoisotopic (exact) mass is 636 g/mol. The molecular weight excluding hydrogens is 601 g/mol. The smallest absolute Gasteiger partial charge is 0.321 e. The van der Waals surface area contributed by atoms with Crippen molar-refractivity contribution in [3.8, 4) is 0 Å². The number of sulfonamides is 1.